The quantitative estimate of drug-likeness (QED) is 0.837. The number of rotatable bonds is 4. The zero-order chi connectivity index (χ0) is 14.6. The summed E-state index contributed by atoms with van der Waals surface area (Å²) in [6.45, 7) is 2.12. The van der Waals surface area contributed by atoms with E-state index in [9.17, 15) is 8.42 Å². The molecule has 0 spiro atoms. The first-order valence-corrected chi connectivity index (χ1v) is 8.68. The average molecular weight is 297 g/mol. The molecule has 1 aromatic rings. The lowest BCUT2D eigenvalue weighted by Gasteiger charge is -2.22. The Morgan fingerprint density at radius 1 is 1.25 bits per heavy atom. The average Bonchev–Trinajstić information content (AvgIpc) is 2.64. The van der Waals surface area contributed by atoms with Crippen LogP contribution in [0.5, 0.6) is 0 Å². The fourth-order valence-electron chi connectivity index (χ4n) is 2.72. The Balaban J connectivity index is 2.22. The summed E-state index contributed by atoms with van der Waals surface area (Å²) >= 11 is 0. The summed E-state index contributed by atoms with van der Waals surface area (Å²) in [5.41, 5.74) is 0.529. The summed E-state index contributed by atoms with van der Waals surface area (Å²) in [7, 11) is -1.88. The molecule has 0 aromatic carbocycles. The molecule has 2 atom stereocenters. The second kappa shape index (κ2) is 6.54. The summed E-state index contributed by atoms with van der Waals surface area (Å²) in [4.78, 5) is 4.02. The largest absolute Gasteiger partial charge is 0.386 e. The molecule has 1 fully saturated rings. The lowest BCUT2D eigenvalue weighted by Crippen LogP contribution is -2.39. The molecule has 1 saturated carbocycles. The molecule has 6 heteroatoms. The Hall–Kier alpha value is -1.14. The van der Waals surface area contributed by atoms with Gasteiger partial charge in [-0.05, 0) is 30.9 Å². The summed E-state index contributed by atoms with van der Waals surface area (Å²) in [6.07, 6.45) is 6.94. The zero-order valence-corrected chi connectivity index (χ0v) is 12.9. The van der Waals surface area contributed by atoms with Crippen molar-refractivity contribution in [3.63, 3.8) is 0 Å². The molecule has 1 heterocycles. The Morgan fingerprint density at radius 2 is 2.00 bits per heavy atom. The highest BCUT2D eigenvalue weighted by Gasteiger charge is 2.27. The van der Waals surface area contributed by atoms with E-state index >= 15 is 0 Å². The Kier molecular flexibility index (Phi) is 4.99. The van der Waals surface area contributed by atoms with Crippen LogP contribution in [0.3, 0.4) is 0 Å². The van der Waals surface area contributed by atoms with Crippen LogP contribution in [0.15, 0.2) is 23.4 Å². The minimum Gasteiger partial charge on any atom is -0.386 e. The van der Waals surface area contributed by atoms with Gasteiger partial charge in [-0.1, -0.05) is 26.2 Å². The van der Waals surface area contributed by atoms with Crippen LogP contribution < -0.4 is 10.0 Å². The van der Waals surface area contributed by atoms with E-state index in [4.69, 9.17) is 0 Å². The Morgan fingerprint density at radius 3 is 2.75 bits per heavy atom. The van der Waals surface area contributed by atoms with Gasteiger partial charge in [-0.3, -0.25) is 0 Å². The maximum absolute atomic E-state index is 12.5. The lowest BCUT2D eigenvalue weighted by atomic mass is 9.98. The molecule has 1 aromatic heterocycles. The third kappa shape index (κ3) is 3.49. The van der Waals surface area contributed by atoms with Crippen LogP contribution in [0.1, 0.15) is 39.0 Å². The molecule has 0 saturated heterocycles. The number of hydrogen-bond donors (Lipinski definition) is 2. The lowest BCUT2D eigenvalue weighted by molar-refractivity contribution is 0.399. The SMILES string of the molecule is CNc1cccnc1S(=O)(=O)NC1CCCCCC1C. The Bertz CT molecular complexity index is 545. The van der Waals surface area contributed by atoms with Gasteiger partial charge >= 0.3 is 0 Å². The van der Waals surface area contributed by atoms with Gasteiger partial charge in [-0.25, -0.2) is 18.1 Å². The molecule has 20 heavy (non-hydrogen) atoms. The van der Waals surface area contributed by atoms with E-state index in [2.05, 4.69) is 21.9 Å². The highest BCUT2D eigenvalue weighted by molar-refractivity contribution is 7.89. The van der Waals surface area contributed by atoms with E-state index in [1.54, 1.807) is 19.2 Å². The number of anilines is 1. The molecule has 0 bridgehead atoms. The molecule has 2 rings (SSSR count). The molecule has 1 aliphatic carbocycles. The second-order valence-corrected chi connectivity index (χ2v) is 7.08. The van der Waals surface area contributed by atoms with Gasteiger partial charge in [0, 0.05) is 19.3 Å². The summed E-state index contributed by atoms with van der Waals surface area (Å²) < 4.78 is 27.9. The van der Waals surface area contributed by atoms with Gasteiger partial charge < -0.3 is 5.32 Å². The van der Waals surface area contributed by atoms with Crippen LogP contribution in [-0.4, -0.2) is 26.5 Å². The Labute approximate surface area is 121 Å². The van der Waals surface area contributed by atoms with Gasteiger partial charge in [-0.2, -0.15) is 0 Å². The maximum Gasteiger partial charge on any atom is 0.260 e. The van der Waals surface area contributed by atoms with Gasteiger partial charge in [0.2, 0.25) is 0 Å². The van der Waals surface area contributed by atoms with Crippen LogP contribution in [0.2, 0.25) is 0 Å². The normalized spacial score (nSPS) is 24.1. The standard InChI is InChI=1S/C14H23N3O2S/c1-11-7-4-3-5-8-12(11)17-20(18,19)14-13(15-2)9-6-10-16-14/h6,9-12,15,17H,3-5,7-8H2,1-2H3. The van der Waals surface area contributed by atoms with Crippen molar-refractivity contribution < 1.29 is 8.42 Å². The zero-order valence-electron chi connectivity index (χ0n) is 12.1. The number of aromatic nitrogens is 1. The van der Waals surface area contributed by atoms with Crippen LogP contribution in [0.4, 0.5) is 5.69 Å². The molecule has 0 aliphatic heterocycles. The van der Waals surface area contributed by atoms with Crippen LogP contribution in [-0.2, 0) is 10.0 Å². The van der Waals surface area contributed by atoms with E-state index in [-0.39, 0.29) is 11.1 Å². The van der Waals surface area contributed by atoms with Crippen molar-refractivity contribution in [2.45, 2.75) is 50.1 Å². The van der Waals surface area contributed by atoms with Crippen molar-refractivity contribution >= 4 is 15.7 Å². The number of sulfonamides is 1. The molecular weight excluding hydrogens is 274 g/mol. The fraction of sp³-hybridized carbons (Fsp3) is 0.643. The number of pyridine rings is 1. The summed E-state index contributed by atoms with van der Waals surface area (Å²) in [5.74, 6) is 0.369. The minimum absolute atomic E-state index is 0.00853. The second-order valence-electron chi connectivity index (χ2n) is 5.45. The highest BCUT2D eigenvalue weighted by atomic mass is 32.2. The summed E-state index contributed by atoms with van der Waals surface area (Å²) in [5, 5.41) is 2.96. The molecule has 2 N–H and O–H groups in total. The predicted octanol–water partition coefficient (Wildman–Crippen LogP) is 2.37. The van der Waals surface area contributed by atoms with E-state index in [0.717, 1.165) is 19.3 Å². The third-order valence-electron chi connectivity index (χ3n) is 3.96. The predicted molar refractivity (Wildman–Crippen MR) is 80.1 cm³/mol. The number of hydrogen-bond acceptors (Lipinski definition) is 4. The molecular formula is C14H23N3O2S. The van der Waals surface area contributed by atoms with Gasteiger partial charge in [0.25, 0.3) is 10.0 Å². The first-order chi connectivity index (χ1) is 9.54. The van der Waals surface area contributed by atoms with Gasteiger partial charge in [0.1, 0.15) is 0 Å². The van der Waals surface area contributed by atoms with E-state index in [1.165, 1.54) is 19.0 Å². The minimum atomic E-state index is -3.58. The molecule has 2 unspecified atom stereocenters. The van der Waals surface area contributed by atoms with E-state index in [0.29, 0.717) is 11.6 Å². The monoisotopic (exact) mass is 297 g/mol. The molecule has 1 aliphatic rings. The van der Waals surface area contributed by atoms with Crippen molar-refractivity contribution in [2.75, 3.05) is 12.4 Å². The number of nitrogens with one attached hydrogen (secondary N) is 2. The maximum atomic E-state index is 12.5. The van der Waals surface area contributed by atoms with Crippen LogP contribution in [0.25, 0.3) is 0 Å². The van der Waals surface area contributed by atoms with E-state index in [1.807, 2.05) is 0 Å². The van der Waals surface area contributed by atoms with E-state index < -0.39 is 10.0 Å². The van der Waals surface area contributed by atoms with Gasteiger partial charge in [0.05, 0.1) is 5.69 Å². The van der Waals surface area contributed by atoms with Crippen LogP contribution in [0, 0.1) is 5.92 Å². The van der Waals surface area contributed by atoms with Crippen LogP contribution >= 0.6 is 0 Å². The molecule has 0 radical (unpaired) electrons. The van der Waals surface area contributed by atoms with Crippen molar-refractivity contribution in [3.8, 4) is 0 Å². The highest BCUT2D eigenvalue weighted by Crippen LogP contribution is 2.25. The fourth-order valence-corrected chi connectivity index (χ4v) is 4.24. The topological polar surface area (TPSA) is 71.1 Å². The summed E-state index contributed by atoms with van der Waals surface area (Å²) in [6, 6.07) is 3.45. The van der Waals surface area contributed by atoms with Crippen molar-refractivity contribution in [3.05, 3.63) is 18.3 Å². The van der Waals surface area contributed by atoms with Crippen molar-refractivity contribution in [1.29, 1.82) is 0 Å². The molecule has 112 valence electrons. The van der Waals surface area contributed by atoms with Crippen molar-refractivity contribution in [1.82, 2.24) is 9.71 Å². The smallest absolute Gasteiger partial charge is 0.260 e. The molecule has 0 amide bonds. The van der Waals surface area contributed by atoms with Crippen molar-refractivity contribution in [2.24, 2.45) is 5.92 Å². The van der Waals surface area contributed by atoms with Gasteiger partial charge in [-0.15, -0.1) is 0 Å². The molecule has 5 nitrogen and oxygen atoms in total. The third-order valence-corrected chi connectivity index (χ3v) is 5.41. The number of nitrogens with zero attached hydrogens (tertiary/aromatic N) is 1. The van der Waals surface area contributed by atoms with Gasteiger partial charge in [0.15, 0.2) is 5.03 Å². The first kappa shape index (κ1) is 15.3. The first-order valence-electron chi connectivity index (χ1n) is 7.19.